The van der Waals surface area contributed by atoms with Crippen molar-refractivity contribution < 1.29 is 0 Å². The molecule has 5 nitrogen and oxygen atoms in total. The third-order valence-corrected chi connectivity index (χ3v) is 11.2. The van der Waals surface area contributed by atoms with E-state index in [9.17, 15) is 0 Å². The monoisotopic (exact) mass is 779 g/mol. The summed E-state index contributed by atoms with van der Waals surface area (Å²) in [6.45, 7) is 0. The van der Waals surface area contributed by atoms with Crippen molar-refractivity contribution >= 4 is 21.8 Å². The number of aromatic nitrogens is 5. The van der Waals surface area contributed by atoms with Gasteiger partial charge in [0.1, 0.15) is 0 Å². The molecule has 0 aliphatic rings. The Morgan fingerprint density at radius 2 is 0.590 bits per heavy atom. The van der Waals surface area contributed by atoms with E-state index in [0.29, 0.717) is 11.6 Å². The largest absolute Gasteiger partial charge is 0.309 e. The highest BCUT2D eigenvalue weighted by Crippen LogP contribution is 2.37. The molecule has 0 saturated heterocycles. The molecule has 0 spiro atoms. The van der Waals surface area contributed by atoms with Crippen LogP contribution in [0.3, 0.4) is 0 Å². The molecule has 286 valence electrons. The summed E-state index contributed by atoms with van der Waals surface area (Å²) in [6, 6.07) is 78.0. The van der Waals surface area contributed by atoms with Gasteiger partial charge in [-0.25, -0.2) is 19.9 Å². The Balaban J connectivity index is 1.12. The number of nitrogens with zero attached hydrogens (tertiary/aromatic N) is 5. The van der Waals surface area contributed by atoms with Crippen LogP contribution in [-0.4, -0.2) is 24.5 Å². The zero-order chi connectivity index (χ0) is 40.5. The summed E-state index contributed by atoms with van der Waals surface area (Å²) in [7, 11) is 0. The molecule has 3 aromatic heterocycles. The highest BCUT2D eigenvalue weighted by Gasteiger charge is 2.17. The maximum absolute atomic E-state index is 5.26. The molecule has 3 heterocycles. The van der Waals surface area contributed by atoms with Crippen LogP contribution in [0, 0.1) is 0 Å². The average Bonchev–Trinajstić information content (AvgIpc) is 3.69. The van der Waals surface area contributed by atoms with E-state index < -0.39 is 0 Å². The molecule has 0 unspecified atom stereocenters. The van der Waals surface area contributed by atoms with Crippen LogP contribution in [0.25, 0.3) is 106 Å². The lowest BCUT2D eigenvalue weighted by Gasteiger charge is -2.15. The molecule has 0 bridgehead atoms. The van der Waals surface area contributed by atoms with Crippen molar-refractivity contribution in [2.45, 2.75) is 0 Å². The fourth-order valence-electron chi connectivity index (χ4n) is 8.23. The molecule has 11 rings (SSSR count). The van der Waals surface area contributed by atoms with Gasteiger partial charge in [-0.1, -0.05) is 170 Å². The third-order valence-electron chi connectivity index (χ3n) is 11.2. The van der Waals surface area contributed by atoms with Gasteiger partial charge < -0.3 is 4.57 Å². The van der Waals surface area contributed by atoms with E-state index in [1.54, 1.807) is 0 Å². The lowest BCUT2D eigenvalue weighted by atomic mass is 9.95. The van der Waals surface area contributed by atoms with Gasteiger partial charge in [0.2, 0.25) is 0 Å². The van der Waals surface area contributed by atoms with Crippen LogP contribution in [0.2, 0.25) is 0 Å². The van der Waals surface area contributed by atoms with Crippen LogP contribution in [0.1, 0.15) is 0 Å². The van der Waals surface area contributed by atoms with Crippen LogP contribution in [0.5, 0.6) is 0 Å². The first kappa shape index (κ1) is 35.8. The Morgan fingerprint density at radius 3 is 1.02 bits per heavy atom. The van der Waals surface area contributed by atoms with Gasteiger partial charge in [0, 0.05) is 49.8 Å². The van der Waals surface area contributed by atoms with Crippen molar-refractivity contribution in [2.75, 3.05) is 0 Å². The topological polar surface area (TPSA) is 56.5 Å². The van der Waals surface area contributed by atoms with Gasteiger partial charge in [-0.2, -0.15) is 0 Å². The average molecular weight is 780 g/mol. The molecule has 0 fully saturated rings. The fourth-order valence-corrected chi connectivity index (χ4v) is 8.23. The highest BCUT2D eigenvalue weighted by molar-refractivity contribution is 6.09. The van der Waals surface area contributed by atoms with Crippen molar-refractivity contribution in [3.8, 4) is 84.6 Å². The van der Waals surface area contributed by atoms with E-state index in [4.69, 9.17) is 19.9 Å². The predicted octanol–water partition coefficient (Wildman–Crippen LogP) is 14.0. The summed E-state index contributed by atoms with van der Waals surface area (Å²) in [4.78, 5) is 20.7. The van der Waals surface area contributed by atoms with Crippen molar-refractivity contribution in [1.82, 2.24) is 24.5 Å². The predicted molar refractivity (Wildman–Crippen MR) is 250 cm³/mol. The molecule has 0 radical (unpaired) electrons. The highest BCUT2D eigenvalue weighted by atomic mass is 15.0. The van der Waals surface area contributed by atoms with Gasteiger partial charge >= 0.3 is 0 Å². The third kappa shape index (κ3) is 6.94. The van der Waals surface area contributed by atoms with Gasteiger partial charge in [-0.15, -0.1) is 0 Å². The molecular formula is C56H37N5. The second kappa shape index (κ2) is 15.5. The van der Waals surface area contributed by atoms with Crippen LogP contribution in [0.4, 0.5) is 0 Å². The Bertz CT molecular complexity index is 3010. The smallest absolute Gasteiger partial charge is 0.160 e. The second-order valence-electron chi connectivity index (χ2n) is 15.1. The number of hydrogen-bond donors (Lipinski definition) is 0. The number of benzene rings is 8. The molecule has 5 heteroatoms. The summed E-state index contributed by atoms with van der Waals surface area (Å²) >= 11 is 0. The summed E-state index contributed by atoms with van der Waals surface area (Å²) in [6.07, 6.45) is 0. The van der Waals surface area contributed by atoms with Crippen LogP contribution >= 0.6 is 0 Å². The summed E-state index contributed by atoms with van der Waals surface area (Å²) in [5, 5.41) is 2.48. The molecule has 0 aliphatic carbocycles. The van der Waals surface area contributed by atoms with Crippen molar-refractivity contribution in [3.05, 3.63) is 224 Å². The minimum absolute atomic E-state index is 0.666. The molecule has 0 amide bonds. The number of hydrogen-bond acceptors (Lipinski definition) is 4. The summed E-state index contributed by atoms with van der Waals surface area (Å²) in [5.41, 5.74) is 14.8. The lowest BCUT2D eigenvalue weighted by Crippen LogP contribution is -1.98. The van der Waals surface area contributed by atoms with E-state index in [2.05, 4.69) is 156 Å². The fraction of sp³-hybridized carbons (Fsp3) is 0. The molecule has 8 aromatic carbocycles. The summed E-state index contributed by atoms with van der Waals surface area (Å²) in [5.74, 6) is 1.33. The van der Waals surface area contributed by atoms with Gasteiger partial charge in [-0.05, 0) is 65.7 Å². The van der Waals surface area contributed by atoms with Crippen LogP contribution < -0.4 is 0 Å². The van der Waals surface area contributed by atoms with E-state index in [1.807, 2.05) is 72.8 Å². The summed E-state index contributed by atoms with van der Waals surface area (Å²) < 4.78 is 2.35. The Morgan fingerprint density at radius 1 is 0.246 bits per heavy atom. The number of fused-ring (bicyclic) bond motifs is 3. The first-order valence-corrected chi connectivity index (χ1v) is 20.5. The Kier molecular flexibility index (Phi) is 9.10. The molecule has 0 atom stereocenters. The first-order chi connectivity index (χ1) is 30.2. The number of rotatable bonds is 8. The van der Waals surface area contributed by atoms with Crippen molar-refractivity contribution in [3.63, 3.8) is 0 Å². The minimum Gasteiger partial charge on any atom is -0.309 e. The molecule has 61 heavy (non-hydrogen) atoms. The van der Waals surface area contributed by atoms with Crippen molar-refractivity contribution in [1.29, 1.82) is 0 Å². The van der Waals surface area contributed by atoms with E-state index >= 15 is 0 Å². The normalized spacial score (nSPS) is 11.3. The Hall–Kier alpha value is -8.28. The Labute approximate surface area is 354 Å². The van der Waals surface area contributed by atoms with Gasteiger partial charge in [0.05, 0.1) is 33.8 Å². The van der Waals surface area contributed by atoms with E-state index in [-0.39, 0.29) is 0 Å². The molecule has 11 aromatic rings. The molecule has 0 aliphatic heterocycles. The van der Waals surface area contributed by atoms with Crippen molar-refractivity contribution in [2.24, 2.45) is 0 Å². The molecular weight excluding hydrogens is 743 g/mol. The van der Waals surface area contributed by atoms with Gasteiger partial charge in [0.25, 0.3) is 0 Å². The minimum atomic E-state index is 0.666. The zero-order valence-corrected chi connectivity index (χ0v) is 33.1. The molecule has 0 N–H and O–H groups in total. The van der Waals surface area contributed by atoms with Gasteiger partial charge in [-0.3, -0.25) is 0 Å². The second-order valence-corrected chi connectivity index (χ2v) is 15.1. The van der Waals surface area contributed by atoms with E-state index in [1.165, 1.54) is 21.8 Å². The first-order valence-electron chi connectivity index (χ1n) is 20.5. The maximum atomic E-state index is 5.26. The van der Waals surface area contributed by atoms with E-state index in [0.717, 1.165) is 73.0 Å². The number of para-hydroxylation sites is 2. The SMILES string of the molecule is c1ccc(-c2cc(-c3cc(-c4ccc(-n5c6ccccc6c6ccccc65)cc4)cc(-c4cc(-c5ccccc5)nc(-c5ccccc5)n4)c3)nc(-c3ccccc3)n2)cc1. The van der Waals surface area contributed by atoms with Crippen LogP contribution in [0.15, 0.2) is 224 Å². The van der Waals surface area contributed by atoms with Gasteiger partial charge in [0.15, 0.2) is 11.6 Å². The zero-order valence-electron chi connectivity index (χ0n) is 33.1. The lowest BCUT2D eigenvalue weighted by molar-refractivity contribution is 1.18. The maximum Gasteiger partial charge on any atom is 0.160 e. The van der Waals surface area contributed by atoms with Crippen LogP contribution in [-0.2, 0) is 0 Å². The standard InChI is InChI=1S/C56H37N5/c1-5-17-39(18-6-1)49-36-51(59-55(57-49)41-21-9-3-10-22-41)44-33-43(38-29-31-46(32-30-38)61-53-27-15-13-25-47(53)48-26-14-16-28-54(48)61)34-45(35-44)52-37-50(40-19-7-2-8-20-40)58-56(60-52)42-23-11-4-12-24-42/h1-37H. The quantitative estimate of drug-likeness (QED) is 0.154. The molecule has 0 saturated carbocycles.